The summed E-state index contributed by atoms with van der Waals surface area (Å²) in [6.45, 7) is 1.90. The highest BCUT2D eigenvalue weighted by Crippen LogP contribution is 2.32. The third-order valence-corrected chi connectivity index (χ3v) is 1.87. The van der Waals surface area contributed by atoms with Crippen molar-refractivity contribution in [2.24, 2.45) is 5.11 Å². The smallest absolute Gasteiger partial charge is 0.152 e. The van der Waals surface area contributed by atoms with E-state index in [2.05, 4.69) is 5.11 Å². The maximum atomic E-state index is 5.78. The first-order valence-corrected chi connectivity index (χ1v) is 3.77. The van der Waals surface area contributed by atoms with Gasteiger partial charge in [0, 0.05) is 0 Å². The molecule has 2 N–H and O–H groups in total. The Bertz CT molecular complexity index is 273. The van der Waals surface area contributed by atoms with Crippen molar-refractivity contribution in [2.75, 3.05) is 0 Å². The first-order valence-electron chi connectivity index (χ1n) is 3.01. The molecule has 0 heterocycles. The fraction of sp³-hybridized carbons (Fsp3) is 0.143. The lowest BCUT2D eigenvalue weighted by molar-refractivity contribution is -0.210. The van der Waals surface area contributed by atoms with Crippen molar-refractivity contribution in [3.8, 4) is 0 Å². The van der Waals surface area contributed by atoms with Gasteiger partial charge in [0.05, 0.1) is 10.0 Å². The van der Waals surface area contributed by atoms with Crippen LogP contribution in [0.5, 0.6) is 0 Å². The third kappa shape index (κ3) is 1.70. The van der Waals surface area contributed by atoms with Crippen molar-refractivity contribution in [1.29, 1.82) is 0 Å². The van der Waals surface area contributed by atoms with Crippen LogP contribution in [0, 0.1) is 6.92 Å². The normalized spacial score (nSPS) is 9.73. The van der Waals surface area contributed by atoms with Crippen LogP contribution in [0.25, 0.3) is 0 Å². The molecule has 4 heteroatoms. The van der Waals surface area contributed by atoms with Crippen molar-refractivity contribution in [2.45, 2.75) is 6.92 Å². The molecule has 0 aromatic heterocycles. The van der Waals surface area contributed by atoms with E-state index >= 15 is 0 Å². The van der Waals surface area contributed by atoms with Crippen LogP contribution in [0.15, 0.2) is 17.2 Å². The summed E-state index contributed by atoms with van der Waals surface area (Å²) in [7, 11) is 0. The summed E-state index contributed by atoms with van der Waals surface area (Å²) in [4.78, 5) is 0. The van der Waals surface area contributed by atoms with Gasteiger partial charge < -0.3 is 0 Å². The summed E-state index contributed by atoms with van der Waals surface area (Å²) in [6, 6.07) is 3.53. The molecule has 0 bridgehead atoms. The van der Waals surface area contributed by atoms with Gasteiger partial charge in [-0.3, -0.25) is 0 Å². The molecule has 0 atom stereocenters. The number of hydrogen-bond acceptors (Lipinski definition) is 1. The lowest BCUT2D eigenvalue weighted by Gasteiger charge is -1.98. The van der Waals surface area contributed by atoms with E-state index in [0.717, 1.165) is 5.56 Å². The van der Waals surface area contributed by atoms with Gasteiger partial charge >= 0.3 is 0 Å². The van der Waals surface area contributed by atoms with Crippen LogP contribution in [-0.4, -0.2) is 0 Å². The van der Waals surface area contributed by atoms with E-state index in [1.807, 2.05) is 6.92 Å². The van der Waals surface area contributed by atoms with Crippen LogP contribution in [0.1, 0.15) is 5.56 Å². The molecule has 1 rings (SSSR count). The van der Waals surface area contributed by atoms with Crippen LogP contribution in [0.4, 0.5) is 5.69 Å². The van der Waals surface area contributed by atoms with Crippen molar-refractivity contribution < 1.29 is 5.53 Å². The number of halogens is 2. The summed E-state index contributed by atoms with van der Waals surface area (Å²) in [6.07, 6.45) is 0. The molecule has 1 aromatic carbocycles. The topological polar surface area (TPSA) is 38.0 Å². The second kappa shape index (κ2) is 3.20. The number of benzene rings is 1. The van der Waals surface area contributed by atoms with E-state index in [1.165, 1.54) is 0 Å². The number of nitrogens with two attached hydrogens (primary N) is 1. The van der Waals surface area contributed by atoms with Gasteiger partial charge in [0.1, 0.15) is 0 Å². The summed E-state index contributed by atoms with van der Waals surface area (Å²) >= 11 is 11.6. The van der Waals surface area contributed by atoms with Gasteiger partial charge in [0.15, 0.2) is 5.69 Å². The first-order chi connectivity index (χ1) is 5.15. The lowest BCUT2D eigenvalue weighted by Crippen LogP contribution is -2.22. The van der Waals surface area contributed by atoms with E-state index in [1.54, 1.807) is 12.1 Å². The Morgan fingerprint density at radius 3 is 2.09 bits per heavy atom. The molecule has 0 unspecified atom stereocenters. The van der Waals surface area contributed by atoms with E-state index in [-0.39, 0.29) is 0 Å². The molecular weight excluding hydrogens is 183 g/mol. The minimum absolute atomic E-state index is 0.443. The number of nitrogens with zero attached hydrogens (tertiary/aromatic N) is 1. The minimum Gasteiger partial charge on any atom is -0.152 e. The van der Waals surface area contributed by atoms with Crippen LogP contribution >= 0.6 is 23.2 Å². The molecule has 2 nitrogen and oxygen atoms in total. The Labute approximate surface area is 74.6 Å². The molecule has 0 saturated carbocycles. The third-order valence-electron chi connectivity index (χ3n) is 1.29. The van der Waals surface area contributed by atoms with Crippen LogP contribution in [0.2, 0.25) is 10.0 Å². The van der Waals surface area contributed by atoms with Gasteiger partial charge in [-0.2, -0.15) is 5.53 Å². The maximum absolute atomic E-state index is 5.78. The molecule has 0 spiro atoms. The number of hydrogen-bond donors (Lipinski definition) is 1. The predicted octanol–water partition coefficient (Wildman–Crippen LogP) is 2.14. The van der Waals surface area contributed by atoms with E-state index in [0.29, 0.717) is 15.7 Å². The van der Waals surface area contributed by atoms with Crippen molar-refractivity contribution in [3.05, 3.63) is 27.7 Å². The maximum Gasteiger partial charge on any atom is 0.167 e. The SMILES string of the molecule is Cc1cc(Cl)c(N=[NH2+])c(Cl)c1. The summed E-state index contributed by atoms with van der Waals surface area (Å²) in [5.41, 5.74) is 6.49. The zero-order valence-electron chi connectivity index (χ0n) is 5.94. The zero-order chi connectivity index (χ0) is 8.43. The largest absolute Gasteiger partial charge is 0.167 e. The van der Waals surface area contributed by atoms with Gasteiger partial charge in [-0.25, -0.2) is 0 Å². The molecule has 0 saturated heterocycles. The van der Waals surface area contributed by atoms with Gasteiger partial charge in [0.25, 0.3) is 0 Å². The molecule has 1 aromatic rings. The average molecular weight is 190 g/mol. The van der Waals surface area contributed by atoms with Crippen molar-refractivity contribution in [1.82, 2.24) is 0 Å². The Morgan fingerprint density at radius 2 is 1.73 bits per heavy atom. The predicted molar refractivity (Wildman–Crippen MR) is 45.2 cm³/mol. The molecular formula is C7H7Cl2N2+. The summed E-state index contributed by atoms with van der Waals surface area (Å²) in [5.74, 6) is 0. The average Bonchev–Trinajstić information content (AvgIpc) is 1.85. The van der Waals surface area contributed by atoms with Gasteiger partial charge in [0.2, 0.25) is 0 Å². The van der Waals surface area contributed by atoms with Crippen LogP contribution in [0.3, 0.4) is 0 Å². The molecule has 0 aliphatic heterocycles. The van der Waals surface area contributed by atoms with E-state index in [4.69, 9.17) is 28.7 Å². The van der Waals surface area contributed by atoms with Crippen molar-refractivity contribution >= 4 is 28.9 Å². The van der Waals surface area contributed by atoms with Gasteiger partial charge in [-0.05, 0) is 29.7 Å². The monoisotopic (exact) mass is 189 g/mol. The van der Waals surface area contributed by atoms with Gasteiger partial charge in [-0.1, -0.05) is 23.2 Å². The second-order valence-corrected chi connectivity index (χ2v) is 3.02. The first kappa shape index (κ1) is 8.50. The Morgan fingerprint density at radius 1 is 1.27 bits per heavy atom. The minimum atomic E-state index is 0.443. The fourth-order valence-electron chi connectivity index (χ4n) is 0.816. The van der Waals surface area contributed by atoms with Crippen LogP contribution in [-0.2, 0) is 0 Å². The van der Waals surface area contributed by atoms with Gasteiger partial charge in [-0.15, -0.1) is 0 Å². The van der Waals surface area contributed by atoms with Crippen LogP contribution < -0.4 is 5.53 Å². The zero-order valence-corrected chi connectivity index (χ0v) is 7.45. The number of aryl methyl sites for hydroxylation is 1. The molecule has 0 aliphatic rings. The molecule has 0 aliphatic carbocycles. The Hall–Kier alpha value is -0.600. The quantitative estimate of drug-likeness (QED) is 0.659. The summed E-state index contributed by atoms with van der Waals surface area (Å²) < 4.78 is 0. The fourth-order valence-corrected chi connectivity index (χ4v) is 1.51. The molecule has 0 fully saturated rings. The standard InChI is InChI=1S/C7H6Cl2N2/c1-4-2-5(8)7(11-10)6(9)3-4/h2-3,10H,1H3/p+1. The summed E-state index contributed by atoms with van der Waals surface area (Å²) in [5, 5.41) is 4.41. The second-order valence-electron chi connectivity index (χ2n) is 2.21. The Kier molecular flexibility index (Phi) is 2.47. The highest BCUT2D eigenvalue weighted by Gasteiger charge is 2.06. The number of rotatable bonds is 1. The Balaban J connectivity index is 3.36. The highest BCUT2D eigenvalue weighted by atomic mass is 35.5. The highest BCUT2D eigenvalue weighted by molar-refractivity contribution is 6.38. The van der Waals surface area contributed by atoms with Crippen molar-refractivity contribution in [3.63, 3.8) is 0 Å². The molecule has 0 radical (unpaired) electrons. The van der Waals surface area contributed by atoms with E-state index < -0.39 is 0 Å². The molecule has 0 amide bonds. The molecule has 11 heavy (non-hydrogen) atoms. The molecule has 58 valence electrons. The lowest BCUT2D eigenvalue weighted by atomic mass is 10.2. The van der Waals surface area contributed by atoms with E-state index in [9.17, 15) is 0 Å².